The van der Waals surface area contributed by atoms with Gasteiger partial charge in [0.1, 0.15) is 0 Å². The van der Waals surface area contributed by atoms with Crippen molar-refractivity contribution >= 4 is 0 Å². The molecular weight excluding hydrogens is 120 g/mol. The third-order valence-electron chi connectivity index (χ3n) is 5.34. The molecule has 6 rings (SSSR count). The van der Waals surface area contributed by atoms with Crippen molar-refractivity contribution in [1.29, 1.82) is 0 Å². The molecule has 6 aliphatic rings. The van der Waals surface area contributed by atoms with E-state index in [1.54, 1.807) is 5.57 Å². The van der Waals surface area contributed by atoms with Gasteiger partial charge in [-0.2, -0.15) is 0 Å². The van der Waals surface area contributed by atoms with E-state index >= 15 is 0 Å². The van der Waals surface area contributed by atoms with Gasteiger partial charge in [0.05, 0.1) is 0 Å². The predicted molar refractivity (Wildman–Crippen MR) is 37.1 cm³/mol. The summed E-state index contributed by atoms with van der Waals surface area (Å²) in [5, 5.41) is 0. The predicted octanol–water partition coefficient (Wildman–Crippen LogP) is 1.54. The van der Waals surface area contributed by atoms with Crippen molar-refractivity contribution in [2.24, 2.45) is 47.3 Å². The second-order valence-electron chi connectivity index (χ2n) is 5.09. The Bertz CT molecular complexity index is 242. The van der Waals surface area contributed by atoms with Gasteiger partial charge in [0, 0.05) is 0 Å². The van der Waals surface area contributed by atoms with Gasteiger partial charge in [0.15, 0.2) is 0 Å². The molecule has 0 aromatic heterocycles. The van der Waals surface area contributed by atoms with Crippen LogP contribution in [0.3, 0.4) is 0 Å². The number of hydrogen-bond acceptors (Lipinski definition) is 0. The summed E-state index contributed by atoms with van der Waals surface area (Å²) in [6, 6.07) is 0. The summed E-state index contributed by atoms with van der Waals surface area (Å²) < 4.78 is 0. The van der Waals surface area contributed by atoms with Gasteiger partial charge >= 0.3 is 0 Å². The molecule has 0 aliphatic heterocycles. The van der Waals surface area contributed by atoms with Crippen molar-refractivity contribution in [2.75, 3.05) is 0 Å². The smallest absolute Gasteiger partial charge is 0.0135 e. The van der Waals surface area contributed by atoms with E-state index < -0.39 is 0 Å². The summed E-state index contributed by atoms with van der Waals surface area (Å²) in [5.41, 5.74) is 1.69. The fraction of sp³-hybridized carbons (Fsp3) is 0.800. The molecule has 0 saturated heterocycles. The largest absolute Gasteiger partial charge is 0.0993 e. The van der Waals surface area contributed by atoms with Crippen molar-refractivity contribution in [1.82, 2.24) is 0 Å². The van der Waals surface area contributed by atoms with Gasteiger partial charge in [0.2, 0.25) is 0 Å². The van der Waals surface area contributed by atoms with E-state index in [1.165, 1.54) is 35.5 Å². The Kier molecular flexibility index (Phi) is 0.289. The molecule has 0 aromatic carbocycles. The monoisotopic (exact) mass is 130 g/mol. The fourth-order valence-corrected chi connectivity index (χ4v) is 5.44. The lowest BCUT2D eigenvalue weighted by Crippen LogP contribution is -2.00. The van der Waals surface area contributed by atoms with E-state index in [-0.39, 0.29) is 0 Å². The van der Waals surface area contributed by atoms with Crippen LogP contribution in [0.5, 0.6) is 0 Å². The molecule has 4 unspecified atom stereocenters. The second-order valence-corrected chi connectivity index (χ2v) is 5.09. The summed E-state index contributed by atoms with van der Waals surface area (Å²) in [7, 11) is 0. The van der Waals surface area contributed by atoms with E-state index in [4.69, 9.17) is 0 Å². The number of rotatable bonds is 0. The molecule has 2 bridgehead atoms. The molecule has 4 atom stereocenters. The number of allylic oxidation sites excluding steroid dienone is 1. The summed E-state index contributed by atoms with van der Waals surface area (Å²) >= 11 is 0. The van der Waals surface area contributed by atoms with Crippen LogP contribution < -0.4 is 0 Å². The molecule has 10 heavy (non-hydrogen) atoms. The molecule has 6 fully saturated rings. The molecule has 50 valence electrons. The molecule has 6 saturated carbocycles. The first-order chi connectivity index (χ1) is 4.91. The average molecular weight is 130 g/mol. The zero-order valence-electron chi connectivity index (χ0n) is 5.83. The Morgan fingerprint density at radius 3 is 1.40 bits per heavy atom. The SMILES string of the molecule is C=C1C2C3C4C1C1C2C1C34. The van der Waals surface area contributed by atoms with Gasteiger partial charge < -0.3 is 0 Å². The maximum Gasteiger partial charge on any atom is -0.0135 e. The van der Waals surface area contributed by atoms with Crippen LogP contribution in [-0.2, 0) is 0 Å². The highest BCUT2D eigenvalue weighted by Gasteiger charge is 2.91. The summed E-state index contributed by atoms with van der Waals surface area (Å²) in [4.78, 5) is 0. The Balaban J connectivity index is 2.00. The first-order valence-electron chi connectivity index (χ1n) is 4.60. The Labute approximate surface area is 60.3 Å². The topological polar surface area (TPSA) is 0 Å². The van der Waals surface area contributed by atoms with Crippen LogP contribution in [0, 0.1) is 47.3 Å². The van der Waals surface area contributed by atoms with Gasteiger partial charge in [0.25, 0.3) is 0 Å². The van der Waals surface area contributed by atoms with Crippen LogP contribution in [0.25, 0.3) is 0 Å². The van der Waals surface area contributed by atoms with Crippen LogP contribution in [0.15, 0.2) is 12.2 Å². The molecule has 0 heterocycles. The second kappa shape index (κ2) is 0.732. The van der Waals surface area contributed by atoms with Gasteiger partial charge in [-0.05, 0) is 47.3 Å². The van der Waals surface area contributed by atoms with E-state index in [0.717, 1.165) is 11.8 Å². The first kappa shape index (κ1) is 3.94. The molecule has 0 amide bonds. The lowest BCUT2D eigenvalue weighted by atomic mass is 10.0. The highest BCUT2D eigenvalue weighted by Crippen LogP contribution is 2.95. The zero-order chi connectivity index (χ0) is 6.20. The Morgan fingerprint density at radius 1 is 0.700 bits per heavy atom. The average Bonchev–Trinajstić information content (AvgIpc) is 2.70. The van der Waals surface area contributed by atoms with Gasteiger partial charge in [-0.25, -0.2) is 0 Å². The third-order valence-corrected chi connectivity index (χ3v) is 5.34. The van der Waals surface area contributed by atoms with Crippen LogP contribution >= 0.6 is 0 Å². The standard InChI is InChI=1S/C10H10/c1-2-3-5-7-4(2)8-6(3)10(8)9(5)7/h3-10H,1H2. The molecule has 0 aromatic rings. The molecule has 0 nitrogen and oxygen atoms in total. The highest BCUT2D eigenvalue weighted by molar-refractivity contribution is 5.48. The Morgan fingerprint density at radius 2 is 1.10 bits per heavy atom. The quantitative estimate of drug-likeness (QED) is 0.436. The molecule has 0 spiro atoms. The van der Waals surface area contributed by atoms with Gasteiger partial charge in [-0.15, -0.1) is 0 Å². The van der Waals surface area contributed by atoms with Crippen LogP contribution in [-0.4, -0.2) is 0 Å². The highest BCUT2D eigenvalue weighted by atomic mass is 15.0. The van der Waals surface area contributed by atoms with E-state index in [1.807, 2.05) is 0 Å². The van der Waals surface area contributed by atoms with E-state index in [2.05, 4.69) is 6.58 Å². The third kappa shape index (κ3) is 0.154. The van der Waals surface area contributed by atoms with Crippen LogP contribution in [0.2, 0.25) is 0 Å². The molecule has 6 aliphatic carbocycles. The molecule has 0 heteroatoms. The van der Waals surface area contributed by atoms with Crippen molar-refractivity contribution < 1.29 is 0 Å². The van der Waals surface area contributed by atoms with Gasteiger partial charge in [-0.1, -0.05) is 12.2 Å². The lowest BCUT2D eigenvalue weighted by Gasteiger charge is -2.04. The van der Waals surface area contributed by atoms with Crippen LogP contribution in [0.4, 0.5) is 0 Å². The van der Waals surface area contributed by atoms with E-state index in [0.29, 0.717) is 0 Å². The normalized spacial score (nSPS) is 90.2. The maximum atomic E-state index is 4.25. The maximum absolute atomic E-state index is 4.25. The molecule has 0 N–H and O–H groups in total. The minimum atomic E-state index is 1.06. The van der Waals surface area contributed by atoms with Gasteiger partial charge in [-0.3, -0.25) is 0 Å². The minimum Gasteiger partial charge on any atom is -0.0993 e. The van der Waals surface area contributed by atoms with Crippen molar-refractivity contribution in [3.8, 4) is 0 Å². The molecule has 0 radical (unpaired) electrons. The summed E-state index contributed by atoms with van der Waals surface area (Å²) in [5.74, 6) is 9.39. The fourth-order valence-electron chi connectivity index (χ4n) is 5.44. The summed E-state index contributed by atoms with van der Waals surface area (Å²) in [6.45, 7) is 4.25. The molecular formula is C10H10. The van der Waals surface area contributed by atoms with E-state index in [9.17, 15) is 0 Å². The summed E-state index contributed by atoms with van der Waals surface area (Å²) in [6.07, 6.45) is 0. The zero-order valence-corrected chi connectivity index (χ0v) is 5.83. The van der Waals surface area contributed by atoms with Crippen molar-refractivity contribution in [2.45, 2.75) is 0 Å². The Hall–Kier alpha value is -0.260. The van der Waals surface area contributed by atoms with Crippen LogP contribution in [0.1, 0.15) is 0 Å². The lowest BCUT2D eigenvalue weighted by molar-refractivity contribution is 0.434. The van der Waals surface area contributed by atoms with Crippen molar-refractivity contribution in [3.05, 3.63) is 12.2 Å². The van der Waals surface area contributed by atoms with Crippen molar-refractivity contribution in [3.63, 3.8) is 0 Å². The minimum absolute atomic E-state index is 1.06. The number of hydrogen-bond donors (Lipinski definition) is 0. The first-order valence-corrected chi connectivity index (χ1v) is 4.60.